The van der Waals surface area contributed by atoms with E-state index in [1.165, 1.54) is 6.92 Å². The zero-order chi connectivity index (χ0) is 13.2. The van der Waals surface area contributed by atoms with Gasteiger partial charge in [-0.05, 0) is 19.9 Å². The fraction of sp³-hybridized carbons (Fsp3) is 0.500. The summed E-state index contributed by atoms with van der Waals surface area (Å²) in [5.41, 5.74) is 0.290. The van der Waals surface area contributed by atoms with Crippen LogP contribution in [0, 0.1) is 6.92 Å². The fourth-order valence-electron chi connectivity index (χ4n) is 1.08. The van der Waals surface area contributed by atoms with Crippen LogP contribution in [-0.4, -0.2) is 23.4 Å². The lowest BCUT2D eigenvalue weighted by molar-refractivity contribution is -0.217. The number of alkyl halides is 3. The highest BCUT2D eigenvalue weighted by molar-refractivity contribution is 5.84. The lowest BCUT2D eigenvalue weighted by Crippen LogP contribution is -2.28. The number of carboxylic acid groups (broad SMARTS) is 1. The van der Waals surface area contributed by atoms with Crippen LogP contribution < -0.4 is 0 Å². The van der Waals surface area contributed by atoms with Crippen LogP contribution in [0.4, 0.5) is 13.2 Å². The van der Waals surface area contributed by atoms with Gasteiger partial charge in [0.05, 0.1) is 6.61 Å². The monoisotopic (exact) mass is 252 g/mol. The number of ether oxygens (including phenoxy) is 1. The minimum absolute atomic E-state index is 0.233. The first-order valence-electron chi connectivity index (χ1n) is 4.72. The number of halogens is 3. The van der Waals surface area contributed by atoms with Crippen LogP contribution in [0.15, 0.2) is 10.5 Å². The second-order valence-corrected chi connectivity index (χ2v) is 3.49. The van der Waals surface area contributed by atoms with E-state index in [1.807, 2.05) is 0 Å². The van der Waals surface area contributed by atoms with Gasteiger partial charge in [0.2, 0.25) is 5.76 Å². The van der Waals surface area contributed by atoms with Crippen molar-refractivity contribution in [1.29, 1.82) is 0 Å². The maximum Gasteiger partial charge on any atom is 0.414 e. The molecular weight excluding hydrogens is 241 g/mol. The van der Waals surface area contributed by atoms with Crippen LogP contribution in [0.25, 0.3) is 0 Å². The van der Waals surface area contributed by atoms with Crippen molar-refractivity contribution in [2.75, 3.05) is 0 Å². The van der Waals surface area contributed by atoms with Gasteiger partial charge in [0.15, 0.2) is 6.10 Å². The van der Waals surface area contributed by atoms with E-state index in [2.05, 4.69) is 4.74 Å². The van der Waals surface area contributed by atoms with E-state index in [9.17, 15) is 18.0 Å². The summed E-state index contributed by atoms with van der Waals surface area (Å²) in [5.74, 6) is -1.36. The van der Waals surface area contributed by atoms with Crippen LogP contribution in [0.2, 0.25) is 0 Å². The number of carboxylic acids is 1. The van der Waals surface area contributed by atoms with Gasteiger partial charge in [-0.2, -0.15) is 13.2 Å². The molecule has 4 nitrogen and oxygen atoms in total. The highest BCUT2D eigenvalue weighted by Crippen LogP contribution is 2.24. The van der Waals surface area contributed by atoms with Gasteiger partial charge in [0, 0.05) is 5.56 Å². The molecule has 1 aromatic rings. The average molecular weight is 252 g/mol. The topological polar surface area (TPSA) is 59.7 Å². The maximum atomic E-state index is 12.1. The minimum atomic E-state index is -4.44. The van der Waals surface area contributed by atoms with E-state index < -0.39 is 18.2 Å². The Morgan fingerprint density at radius 2 is 2.18 bits per heavy atom. The Kier molecular flexibility index (Phi) is 3.82. The standard InChI is InChI=1S/C10H11F3O4/c1-5-7(3-8(17-5)9(14)15)4-16-6(2)10(11,12)13/h3,6H,4H2,1-2H3,(H,14,15). The molecule has 0 bridgehead atoms. The third-order valence-electron chi connectivity index (χ3n) is 2.18. The molecule has 0 spiro atoms. The molecule has 0 aliphatic rings. The Balaban J connectivity index is 2.67. The van der Waals surface area contributed by atoms with Crippen molar-refractivity contribution in [1.82, 2.24) is 0 Å². The summed E-state index contributed by atoms with van der Waals surface area (Å²) in [5, 5.41) is 8.61. The first-order chi connectivity index (χ1) is 7.71. The summed E-state index contributed by atoms with van der Waals surface area (Å²) in [6.45, 7) is 2.00. The summed E-state index contributed by atoms with van der Waals surface area (Å²) in [7, 11) is 0. The van der Waals surface area contributed by atoms with Gasteiger partial charge in [0.25, 0.3) is 0 Å². The number of furan rings is 1. The molecule has 0 radical (unpaired) electrons. The smallest absolute Gasteiger partial charge is 0.414 e. The van der Waals surface area contributed by atoms with Gasteiger partial charge in [-0.15, -0.1) is 0 Å². The van der Waals surface area contributed by atoms with E-state index >= 15 is 0 Å². The first kappa shape index (κ1) is 13.6. The number of carbonyl (C=O) groups is 1. The average Bonchev–Trinajstić information content (AvgIpc) is 2.55. The van der Waals surface area contributed by atoms with Crippen molar-refractivity contribution >= 4 is 5.97 Å². The van der Waals surface area contributed by atoms with Gasteiger partial charge in [-0.25, -0.2) is 4.79 Å². The molecule has 1 heterocycles. The first-order valence-corrected chi connectivity index (χ1v) is 4.72. The molecular formula is C10H11F3O4. The molecule has 96 valence electrons. The number of aromatic carboxylic acids is 1. The SMILES string of the molecule is Cc1oc(C(=O)O)cc1COC(C)C(F)(F)F. The Labute approximate surface area is 95.0 Å². The maximum absolute atomic E-state index is 12.1. The molecule has 1 atom stereocenters. The van der Waals surface area contributed by atoms with Crippen LogP contribution in [0.1, 0.15) is 28.8 Å². The Hall–Kier alpha value is -1.50. The second-order valence-electron chi connectivity index (χ2n) is 3.49. The number of hydrogen-bond acceptors (Lipinski definition) is 3. The van der Waals surface area contributed by atoms with E-state index in [4.69, 9.17) is 9.52 Å². The van der Waals surface area contributed by atoms with Crippen molar-refractivity contribution in [3.05, 3.63) is 23.2 Å². The molecule has 0 amide bonds. The van der Waals surface area contributed by atoms with Crippen LogP contribution in [0.5, 0.6) is 0 Å². The van der Waals surface area contributed by atoms with Gasteiger partial charge in [-0.1, -0.05) is 0 Å². The molecule has 1 aromatic heterocycles. The van der Waals surface area contributed by atoms with Crippen molar-refractivity contribution in [2.45, 2.75) is 32.7 Å². The van der Waals surface area contributed by atoms with Gasteiger partial charge in [-0.3, -0.25) is 0 Å². The minimum Gasteiger partial charge on any atom is -0.475 e. The molecule has 0 saturated heterocycles. The molecule has 17 heavy (non-hydrogen) atoms. The third kappa shape index (κ3) is 3.48. The zero-order valence-corrected chi connectivity index (χ0v) is 9.17. The predicted octanol–water partition coefficient (Wildman–Crippen LogP) is 2.75. The summed E-state index contributed by atoms with van der Waals surface area (Å²) in [4.78, 5) is 10.5. The van der Waals surface area contributed by atoms with Gasteiger partial charge >= 0.3 is 12.1 Å². The zero-order valence-electron chi connectivity index (χ0n) is 9.17. The highest BCUT2D eigenvalue weighted by Gasteiger charge is 2.37. The Bertz CT molecular complexity index is 408. The van der Waals surface area contributed by atoms with E-state index in [-0.39, 0.29) is 18.1 Å². The normalized spacial score (nSPS) is 13.7. The van der Waals surface area contributed by atoms with Gasteiger partial charge < -0.3 is 14.3 Å². The lowest BCUT2D eigenvalue weighted by atomic mass is 10.2. The lowest BCUT2D eigenvalue weighted by Gasteiger charge is -2.15. The molecule has 0 aliphatic heterocycles. The Morgan fingerprint density at radius 3 is 2.59 bits per heavy atom. The largest absolute Gasteiger partial charge is 0.475 e. The molecule has 1 rings (SSSR count). The molecule has 0 aliphatic carbocycles. The fourth-order valence-corrected chi connectivity index (χ4v) is 1.08. The van der Waals surface area contributed by atoms with Crippen molar-refractivity contribution in [3.8, 4) is 0 Å². The molecule has 0 saturated carbocycles. The van der Waals surface area contributed by atoms with Crippen molar-refractivity contribution in [2.24, 2.45) is 0 Å². The van der Waals surface area contributed by atoms with Crippen LogP contribution in [0.3, 0.4) is 0 Å². The third-order valence-corrected chi connectivity index (χ3v) is 2.18. The highest BCUT2D eigenvalue weighted by atomic mass is 19.4. The summed E-state index contributed by atoms with van der Waals surface area (Å²) in [6, 6.07) is 1.15. The molecule has 1 unspecified atom stereocenters. The summed E-state index contributed by atoms with van der Waals surface area (Å²) in [6.07, 6.45) is -6.35. The molecule has 1 N–H and O–H groups in total. The van der Waals surface area contributed by atoms with E-state index in [1.54, 1.807) is 0 Å². The van der Waals surface area contributed by atoms with Crippen LogP contribution in [-0.2, 0) is 11.3 Å². The predicted molar refractivity (Wildman–Crippen MR) is 50.7 cm³/mol. The number of rotatable bonds is 4. The van der Waals surface area contributed by atoms with Gasteiger partial charge in [0.1, 0.15) is 5.76 Å². The second kappa shape index (κ2) is 4.79. The summed E-state index contributed by atoms with van der Waals surface area (Å²) >= 11 is 0. The molecule has 0 aromatic carbocycles. The number of aryl methyl sites for hydroxylation is 1. The van der Waals surface area contributed by atoms with E-state index in [0.29, 0.717) is 5.56 Å². The summed E-state index contributed by atoms with van der Waals surface area (Å²) < 4.78 is 45.9. The van der Waals surface area contributed by atoms with Crippen molar-refractivity contribution < 1.29 is 32.2 Å². The number of hydrogen-bond donors (Lipinski definition) is 1. The molecule has 7 heteroatoms. The molecule has 0 fully saturated rings. The quantitative estimate of drug-likeness (QED) is 0.895. The van der Waals surface area contributed by atoms with Crippen molar-refractivity contribution in [3.63, 3.8) is 0 Å². The Morgan fingerprint density at radius 1 is 1.59 bits per heavy atom. The van der Waals surface area contributed by atoms with Crippen LogP contribution >= 0.6 is 0 Å². The van der Waals surface area contributed by atoms with E-state index in [0.717, 1.165) is 13.0 Å².